The van der Waals surface area contributed by atoms with Crippen molar-refractivity contribution in [2.45, 2.75) is 70.2 Å². The van der Waals surface area contributed by atoms with Gasteiger partial charge < -0.3 is 19.8 Å². The number of ketones is 2. The van der Waals surface area contributed by atoms with Crippen molar-refractivity contribution in [1.29, 1.82) is 0 Å². The highest BCUT2D eigenvalue weighted by molar-refractivity contribution is 6.01. The number of hydrogen-bond acceptors (Lipinski definition) is 12. The molecule has 5 aliphatic rings. The molecular weight excluding hydrogens is 577 g/mol. The van der Waals surface area contributed by atoms with Crippen LogP contribution in [0.15, 0.2) is 23.8 Å². The fourth-order valence-corrected chi connectivity index (χ4v) is 9.23. The van der Waals surface area contributed by atoms with E-state index < -0.39 is 64.3 Å². The van der Waals surface area contributed by atoms with E-state index in [9.17, 15) is 24.6 Å². The molecule has 1 heterocycles. The highest BCUT2D eigenvalue weighted by atomic mass is 19.1. The minimum atomic E-state index is -2.06. The Morgan fingerprint density at radius 2 is 1.82 bits per heavy atom. The molecule has 0 amide bonds. The number of carbonyl (C=O) groups excluding carboxylic acids is 3. The summed E-state index contributed by atoms with van der Waals surface area (Å²) < 4.78 is 22.7. The van der Waals surface area contributed by atoms with Crippen LogP contribution in [0.3, 0.4) is 0 Å². The lowest BCUT2D eigenvalue weighted by molar-refractivity contribution is -0.492. The van der Waals surface area contributed by atoms with Gasteiger partial charge in [0.2, 0.25) is 5.78 Å². The molecule has 8 atom stereocenters. The Morgan fingerprint density at radius 1 is 1.14 bits per heavy atom. The predicted octanol–water partition coefficient (Wildman–Crippen LogP) is 1.47. The van der Waals surface area contributed by atoms with E-state index in [-0.39, 0.29) is 30.7 Å². The third kappa shape index (κ3) is 5.38. The zero-order valence-electron chi connectivity index (χ0n) is 25.8. The van der Waals surface area contributed by atoms with Crippen molar-refractivity contribution in [1.82, 2.24) is 15.2 Å². The van der Waals surface area contributed by atoms with Gasteiger partial charge in [0.15, 0.2) is 18.1 Å². The molecule has 3 saturated carbocycles. The Balaban J connectivity index is 1.19. The summed E-state index contributed by atoms with van der Waals surface area (Å²) in [5.41, 5.74) is -5.58. The summed E-state index contributed by atoms with van der Waals surface area (Å²) in [5, 5.41) is 40.4. The molecule has 0 radical (unpaired) electrons. The van der Waals surface area contributed by atoms with E-state index in [0.29, 0.717) is 64.0 Å². The van der Waals surface area contributed by atoms with Crippen molar-refractivity contribution in [3.63, 3.8) is 0 Å². The number of hydrogen-bond donors (Lipinski definition) is 4. The number of Topliss-reactive ketones (excluding diaryl/α,β-unsaturated/α-hetero) is 1. The van der Waals surface area contributed by atoms with Crippen molar-refractivity contribution in [3.8, 4) is 0 Å². The average molecular weight is 624 g/mol. The van der Waals surface area contributed by atoms with Crippen LogP contribution in [-0.4, -0.2) is 123 Å². The molecule has 2 unspecified atom stereocenters. The first-order valence-corrected chi connectivity index (χ1v) is 15.6. The topological polar surface area (TPSA) is 160 Å². The van der Waals surface area contributed by atoms with Crippen molar-refractivity contribution in [2.24, 2.45) is 28.6 Å². The van der Waals surface area contributed by atoms with Gasteiger partial charge in [-0.25, -0.2) is 4.39 Å². The number of fused-ring (bicyclic) bond motifs is 5. The Labute approximate surface area is 256 Å². The number of alkyl halides is 1. The van der Waals surface area contributed by atoms with E-state index in [1.165, 1.54) is 12.2 Å². The average Bonchev–Trinajstić information content (AvgIpc) is 3.17. The number of aliphatic hydroxyl groups is 2. The maximum Gasteiger partial charge on any atom is 0.320 e. The normalized spacial score (nSPS) is 40.8. The summed E-state index contributed by atoms with van der Waals surface area (Å²) >= 11 is 0. The Hall–Kier alpha value is -2.10. The highest BCUT2D eigenvalue weighted by Crippen LogP contribution is 2.70. The quantitative estimate of drug-likeness (QED) is 0.158. The third-order valence-corrected chi connectivity index (χ3v) is 11.7. The molecule has 0 bridgehead atoms. The van der Waals surface area contributed by atoms with E-state index >= 15 is 4.39 Å². The monoisotopic (exact) mass is 623 g/mol. The highest BCUT2D eigenvalue weighted by Gasteiger charge is 2.75. The predicted molar refractivity (Wildman–Crippen MR) is 153 cm³/mol. The number of esters is 1. The lowest BCUT2D eigenvalue weighted by Gasteiger charge is -2.62. The van der Waals surface area contributed by atoms with Gasteiger partial charge in [-0.2, -0.15) is 0 Å². The van der Waals surface area contributed by atoms with Crippen LogP contribution in [0, 0.1) is 28.6 Å². The van der Waals surface area contributed by atoms with Gasteiger partial charge in [-0.05, 0) is 63.0 Å². The first kappa shape index (κ1) is 33.3. The number of carbonyl (C=O) groups is 3. The summed E-state index contributed by atoms with van der Waals surface area (Å²) in [5.74, 6) is -2.97. The molecule has 246 valence electrons. The maximum absolute atomic E-state index is 17.3. The molecule has 0 aromatic heterocycles. The summed E-state index contributed by atoms with van der Waals surface area (Å²) in [4.78, 5) is 47.1. The second kappa shape index (κ2) is 12.3. The van der Waals surface area contributed by atoms with Gasteiger partial charge in [-0.3, -0.25) is 34.5 Å². The molecule has 4 fully saturated rings. The molecule has 1 saturated heterocycles. The van der Waals surface area contributed by atoms with Crippen LogP contribution >= 0.6 is 0 Å². The number of nitrogens with zero attached hydrogens (tertiary/aromatic N) is 3. The van der Waals surface area contributed by atoms with Gasteiger partial charge in [-0.1, -0.05) is 25.5 Å². The molecule has 5 rings (SSSR count). The fraction of sp³-hybridized carbons (Fsp3) is 0.774. The summed E-state index contributed by atoms with van der Waals surface area (Å²) in [6.07, 6.45) is 4.69. The Morgan fingerprint density at radius 3 is 2.50 bits per heavy atom. The van der Waals surface area contributed by atoms with Gasteiger partial charge in [0.05, 0.1) is 24.6 Å². The van der Waals surface area contributed by atoms with Crippen LogP contribution in [0.2, 0.25) is 0 Å². The molecular formula is C31H46FN3O9. The first-order valence-electron chi connectivity index (χ1n) is 15.6. The molecule has 44 heavy (non-hydrogen) atoms. The molecule has 0 aromatic rings. The number of halogens is 1. The minimum Gasteiger partial charge on any atom is -0.457 e. The SMILES string of the molecule is C[C@@H]1CC2C3CCC4=CC(=O)C=C[C@]4(C)[C@@]3(F)[C@@H](O)C[C@]2(C)[C@@]1(O)C(=O)COC(=O)CN1CCN(CCCON(O)O)CC1. The van der Waals surface area contributed by atoms with E-state index in [1.54, 1.807) is 26.8 Å². The van der Waals surface area contributed by atoms with E-state index in [0.717, 1.165) is 0 Å². The molecule has 12 nitrogen and oxygen atoms in total. The first-order chi connectivity index (χ1) is 20.7. The van der Waals surface area contributed by atoms with Crippen molar-refractivity contribution >= 4 is 17.5 Å². The number of allylic oxidation sites excluding steroid dienone is 4. The van der Waals surface area contributed by atoms with Crippen LogP contribution in [0.1, 0.15) is 52.9 Å². The van der Waals surface area contributed by atoms with Gasteiger partial charge in [-0.15, -0.1) is 0 Å². The summed E-state index contributed by atoms with van der Waals surface area (Å²) in [6.45, 7) is 8.12. The molecule has 4 aliphatic carbocycles. The molecule has 0 aromatic carbocycles. The molecule has 13 heteroatoms. The van der Waals surface area contributed by atoms with Gasteiger partial charge in [0.1, 0.15) is 5.60 Å². The summed E-state index contributed by atoms with van der Waals surface area (Å²) in [6, 6.07) is 0. The maximum atomic E-state index is 17.3. The minimum absolute atomic E-state index is 0.00228. The lowest BCUT2D eigenvalue weighted by Crippen LogP contribution is -2.69. The van der Waals surface area contributed by atoms with Crippen molar-refractivity contribution in [3.05, 3.63) is 23.8 Å². The molecule has 4 N–H and O–H groups in total. The van der Waals surface area contributed by atoms with Crippen molar-refractivity contribution < 1.29 is 49.0 Å². The summed E-state index contributed by atoms with van der Waals surface area (Å²) in [7, 11) is 0. The second-order valence-electron chi connectivity index (χ2n) is 13.8. The zero-order valence-corrected chi connectivity index (χ0v) is 25.8. The van der Waals surface area contributed by atoms with E-state index in [4.69, 9.17) is 15.2 Å². The number of piperazine rings is 1. The van der Waals surface area contributed by atoms with Crippen LogP contribution in [0.4, 0.5) is 4.39 Å². The van der Waals surface area contributed by atoms with Crippen LogP contribution in [0.25, 0.3) is 0 Å². The van der Waals surface area contributed by atoms with Crippen LogP contribution in [0.5, 0.6) is 0 Å². The standard InChI is InChI=1S/C31H46FN3O9/c1-20-15-24-23-6-5-21-16-22(36)7-8-28(21,2)30(23,32)25(37)17-29(24,3)31(20,40)26(38)19-43-27(39)18-34-12-10-33(11-13-34)9-4-14-44-35(41)42/h7-8,16,20,23-25,37,40-42H,4-6,9-15,17-19H2,1-3H3/t20-,23?,24?,25+,28+,29+,30+,31+/m1/s1. The largest absolute Gasteiger partial charge is 0.457 e. The fourth-order valence-electron chi connectivity index (χ4n) is 9.23. The second-order valence-corrected chi connectivity index (χ2v) is 13.8. The third-order valence-electron chi connectivity index (χ3n) is 11.7. The van der Waals surface area contributed by atoms with Crippen LogP contribution < -0.4 is 0 Å². The van der Waals surface area contributed by atoms with Crippen LogP contribution in [-0.2, 0) is 24.0 Å². The van der Waals surface area contributed by atoms with Crippen molar-refractivity contribution in [2.75, 3.05) is 52.5 Å². The lowest BCUT2D eigenvalue weighted by atomic mass is 9.44. The zero-order chi connectivity index (χ0) is 32.1. The van der Waals surface area contributed by atoms with E-state index in [1.807, 2.05) is 4.90 Å². The van der Waals surface area contributed by atoms with Gasteiger partial charge in [0, 0.05) is 49.5 Å². The van der Waals surface area contributed by atoms with E-state index in [2.05, 4.69) is 9.74 Å². The smallest absolute Gasteiger partial charge is 0.320 e. The Kier molecular flexibility index (Phi) is 9.26. The van der Waals surface area contributed by atoms with Gasteiger partial charge >= 0.3 is 5.97 Å². The number of rotatable bonds is 10. The Bertz CT molecular complexity index is 1210. The number of aliphatic hydroxyl groups excluding tert-OH is 1. The molecule has 0 spiro atoms. The molecule has 1 aliphatic heterocycles. The van der Waals surface area contributed by atoms with Gasteiger partial charge in [0.25, 0.3) is 0 Å². The number of ether oxygens (including phenoxy) is 1.